The number of esters is 1. The second-order valence-corrected chi connectivity index (χ2v) is 5.85. The van der Waals surface area contributed by atoms with Crippen LogP contribution in [0.25, 0.3) is 0 Å². The number of hydrogen-bond donors (Lipinski definition) is 2. The zero-order chi connectivity index (χ0) is 15.1. The first kappa shape index (κ1) is 15.9. The van der Waals surface area contributed by atoms with Gasteiger partial charge < -0.3 is 15.2 Å². The van der Waals surface area contributed by atoms with Crippen molar-refractivity contribution in [1.29, 1.82) is 0 Å². The number of ether oxygens (including phenoxy) is 1. The highest BCUT2D eigenvalue weighted by molar-refractivity contribution is 5.88. The van der Waals surface area contributed by atoms with E-state index < -0.39 is 0 Å². The average molecular weight is 292 g/mol. The molecule has 1 aliphatic carbocycles. The van der Waals surface area contributed by atoms with Crippen LogP contribution in [-0.4, -0.2) is 36.3 Å². The van der Waals surface area contributed by atoms with Gasteiger partial charge in [0.1, 0.15) is 0 Å². The Morgan fingerprint density at radius 2 is 2.14 bits per heavy atom. The molecule has 0 radical (unpaired) electrons. The molecule has 1 heterocycles. The molecule has 1 fully saturated rings. The topological polar surface area (TPSA) is 71.5 Å². The Morgan fingerprint density at radius 1 is 1.38 bits per heavy atom. The lowest BCUT2D eigenvalue weighted by Gasteiger charge is -2.35. The zero-order valence-corrected chi connectivity index (χ0v) is 12.6. The molecule has 0 unspecified atom stereocenters. The number of carbonyl (C=O) groups excluding carboxylic acids is 1. The van der Waals surface area contributed by atoms with Crippen molar-refractivity contribution >= 4 is 5.97 Å². The van der Waals surface area contributed by atoms with E-state index in [0.717, 1.165) is 25.1 Å². The van der Waals surface area contributed by atoms with Gasteiger partial charge in [0.05, 0.1) is 18.4 Å². The first-order valence-electron chi connectivity index (χ1n) is 7.54. The van der Waals surface area contributed by atoms with E-state index >= 15 is 0 Å². The number of aliphatic hydroxyl groups is 1. The lowest BCUT2D eigenvalue weighted by atomic mass is 9.74. The minimum atomic E-state index is -0.372. The van der Waals surface area contributed by atoms with Gasteiger partial charge in [-0.1, -0.05) is 19.3 Å². The number of aliphatic hydroxyl groups excluding tert-OH is 1. The Labute approximate surface area is 125 Å². The van der Waals surface area contributed by atoms with Gasteiger partial charge >= 0.3 is 5.97 Å². The van der Waals surface area contributed by atoms with Crippen LogP contribution in [0, 0.1) is 5.41 Å². The molecule has 116 valence electrons. The molecule has 1 aromatic heterocycles. The van der Waals surface area contributed by atoms with Crippen LogP contribution in [-0.2, 0) is 11.3 Å². The Morgan fingerprint density at radius 3 is 2.71 bits per heavy atom. The number of carbonyl (C=O) groups is 1. The van der Waals surface area contributed by atoms with E-state index in [2.05, 4.69) is 15.0 Å². The molecule has 21 heavy (non-hydrogen) atoms. The molecule has 0 aromatic carbocycles. The quantitative estimate of drug-likeness (QED) is 0.784. The monoisotopic (exact) mass is 292 g/mol. The highest BCUT2D eigenvalue weighted by atomic mass is 16.5. The van der Waals surface area contributed by atoms with E-state index in [1.807, 2.05) is 6.07 Å². The summed E-state index contributed by atoms with van der Waals surface area (Å²) in [5, 5.41) is 13.0. The van der Waals surface area contributed by atoms with Crippen LogP contribution >= 0.6 is 0 Å². The summed E-state index contributed by atoms with van der Waals surface area (Å²) in [6, 6.07) is 3.55. The third kappa shape index (κ3) is 4.25. The molecule has 2 rings (SSSR count). The predicted octanol–water partition coefficient (Wildman–Crippen LogP) is 1.90. The van der Waals surface area contributed by atoms with E-state index in [9.17, 15) is 9.90 Å². The number of aromatic nitrogens is 1. The summed E-state index contributed by atoms with van der Waals surface area (Å²) in [6.45, 7) is 1.70. The van der Waals surface area contributed by atoms with Crippen molar-refractivity contribution in [2.45, 2.75) is 38.6 Å². The second kappa shape index (κ2) is 7.52. The molecule has 0 aliphatic heterocycles. The van der Waals surface area contributed by atoms with E-state index in [-0.39, 0.29) is 18.0 Å². The first-order valence-corrected chi connectivity index (χ1v) is 7.54. The zero-order valence-electron chi connectivity index (χ0n) is 12.6. The van der Waals surface area contributed by atoms with Gasteiger partial charge in [0.25, 0.3) is 0 Å². The van der Waals surface area contributed by atoms with Crippen LogP contribution in [0.4, 0.5) is 0 Å². The van der Waals surface area contributed by atoms with Crippen LogP contribution < -0.4 is 5.32 Å². The number of hydrogen-bond acceptors (Lipinski definition) is 5. The predicted molar refractivity (Wildman–Crippen MR) is 79.9 cm³/mol. The maximum Gasteiger partial charge on any atom is 0.339 e. The van der Waals surface area contributed by atoms with Crippen LogP contribution in [0.5, 0.6) is 0 Å². The largest absolute Gasteiger partial charge is 0.465 e. The Kier molecular flexibility index (Phi) is 5.70. The molecule has 1 saturated carbocycles. The molecule has 5 heteroatoms. The third-order valence-corrected chi connectivity index (χ3v) is 4.30. The molecule has 5 nitrogen and oxygen atoms in total. The van der Waals surface area contributed by atoms with Gasteiger partial charge in [-0.2, -0.15) is 0 Å². The van der Waals surface area contributed by atoms with Gasteiger partial charge in [-0.25, -0.2) is 4.79 Å². The van der Waals surface area contributed by atoms with Gasteiger partial charge in [0.15, 0.2) is 0 Å². The maximum absolute atomic E-state index is 11.3. The van der Waals surface area contributed by atoms with E-state index in [1.54, 1.807) is 6.07 Å². The number of nitrogens with zero attached hydrogens (tertiary/aromatic N) is 1. The summed E-state index contributed by atoms with van der Waals surface area (Å²) in [5.74, 6) is -0.372. The van der Waals surface area contributed by atoms with Crippen molar-refractivity contribution < 1.29 is 14.6 Å². The summed E-state index contributed by atoms with van der Waals surface area (Å²) < 4.78 is 4.64. The lowest BCUT2D eigenvalue weighted by molar-refractivity contribution is 0.0600. The van der Waals surface area contributed by atoms with Crippen LogP contribution in [0.3, 0.4) is 0 Å². The third-order valence-electron chi connectivity index (χ3n) is 4.30. The maximum atomic E-state index is 11.3. The van der Waals surface area contributed by atoms with Gasteiger partial charge in [0, 0.05) is 31.3 Å². The Bertz CT molecular complexity index is 453. The normalized spacial score (nSPS) is 17.4. The molecule has 0 saturated heterocycles. The summed E-state index contributed by atoms with van der Waals surface area (Å²) in [7, 11) is 1.36. The number of nitrogens with one attached hydrogen (secondary N) is 1. The fourth-order valence-electron chi connectivity index (χ4n) is 2.92. The fraction of sp³-hybridized carbons (Fsp3) is 0.625. The molecular formula is C16H24N2O3. The molecule has 0 amide bonds. The van der Waals surface area contributed by atoms with Crippen molar-refractivity contribution in [2.24, 2.45) is 5.41 Å². The minimum Gasteiger partial charge on any atom is -0.465 e. The molecule has 1 aromatic rings. The van der Waals surface area contributed by atoms with Gasteiger partial charge in [-0.05, 0) is 25.0 Å². The molecular weight excluding hydrogens is 268 g/mol. The van der Waals surface area contributed by atoms with Gasteiger partial charge in [-0.15, -0.1) is 0 Å². The van der Waals surface area contributed by atoms with E-state index in [0.29, 0.717) is 12.1 Å². The van der Waals surface area contributed by atoms with Crippen LogP contribution in [0.1, 0.15) is 48.2 Å². The fourth-order valence-corrected chi connectivity index (χ4v) is 2.92. The molecule has 0 bridgehead atoms. The Hall–Kier alpha value is -1.46. The number of methoxy groups -OCH3 is 1. The molecule has 0 atom stereocenters. The average Bonchev–Trinajstić information content (AvgIpc) is 2.55. The second-order valence-electron chi connectivity index (χ2n) is 5.85. The van der Waals surface area contributed by atoms with Crippen LogP contribution in [0.2, 0.25) is 0 Å². The van der Waals surface area contributed by atoms with E-state index in [1.165, 1.54) is 32.6 Å². The summed E-state index contributed by atoms with van der Waals surface area (Å²) in [6.07, 6.45) is 7.39. The minimum absolute atomic E-state index is 0.0320. The smallest absolute Gasteiger partial charge is 0.339 e. The van der Waals surface area contributed by atoms with Crippen molar-refractivity contribution in [3.63, 3.8) is 0 Å². The van der Waals surface area contributed by atoms with Crippen molar-refractivity contribution in [2.75, 3.05) is 20.3 Å². The highest BCUT2D eigenvalue weighted by Gasteiger charge is 2.30. The first-order chi connectivity index (χ1) is 10.2. The molecule has 1 aliphatic rings. The van der Waals surface area contributed by atoms with Crippen molar-refractivity contribution in [1.82, 2.24) is 10.3 Å². The standard InChI is InChI=1S/C16H24N2O3/c1-21-15(20)13-5-6-14(18-9-13)10-17-11-16(12-19)7-3-2-4-8-16/h5-6,9,17,19H,2-4,7-8,10-12H2,1H3. The van der Waals surface area contributed by atoms with E-state index in [4.69, 9.17) is 0 Å². The molecule has 2 N–H and O–H groups in total. The van der Waals surface area contributed by atoms with Crippen molar-refractivity contribution in [3.8, 4) is 0 Å². The highest BCUT2D eigenvalue weighted by Crippen LogP contribution is 2.35. The van der Waals surface area contributed by atoms with Gasteiger partial charge in [0.2, 0.25) is 0 Å². The summed E-state index contributed by atoms with van der Waals surface area (Å²) in [4.78, 5) is 15.6. The summed E-state index contributed by atoms with van der Waals surface area (Å²) >= 11 is 0. The van der Waals surface area contributed by atoms with Gasteiger partial charge in [-0.3, -0.25) is 4.98 Å². The number of pyridine rings is 1. The lowest BCUT2D eigenvalue weighted by Crippen LogP contribution is -2.38. The Balaban J connectivity index is 1.84. The SMILES string of the molecule is COC(=O)c1ccc(CNCC2(CO)CCCCC2)nc1. The number of rotatable bonds is 6. The van der Waals surface area contributed by atoms with Crippen molar-refractivity contribution in [3.05, 3.63) is 29.6 Å². The van der Waals surface area contributed by atoms with Crippen LogP contribution in [0.15, 0.2) is 18.3 Å². The summed E-state index contributed by atoms with van der Waals surface area (Å²) in [5.41, 5.74) is 1.37. The molecule has 0 spiro atoms.